The summed E-state index contributed by atoms with van der Waals surface area (Å²) in [6.45, 7) is 2.02. The zero-order chi connectivity index (χ0) is 11.5. The molecule has 1 aliphatic heterocycles. The van der Waals surface area contributed by atoms with Crippen LogP contribution in [0.4, 0.5) is 0 Å². The molecule has 1 aliphatic rings. The van der Waals surface area contributed by atoms with E-state index in [1.807, 2.05) is 6.92 Å². The largest absolute Gasteiger partial charge is 0.352 e. The Morgan fingerprint density at radius 2 is 2.07 bits per heavy atom. The fourth-order valence-corrected chi connectivity index (χ4v) is 2.58. The molecule has 0 saturated carbocycles. The Balaban J connectivity index is 2.56. The second-order valence-electron chi connectivity index (χ2n) is 3.79. The molecule has 1 rings (SSSR count). The van der Waals surface area contributed by atoms with Crippen molar-refractivity contribution in [1.29, 1.82) is 0 Å². The predicted octanol–water partition coefficient (Wildman–Crippen LogP) is 1.29. The normalized spacial score (nSPS) is 26.0. The molecule has 0 aromatic heterocycles. The summed E-state index contributed by atoms with van der Waals surface area (Å²) in [6.07, 6.45) is 1.54. The molecule has 0 aliphatic carbocycles. The third-order valence-electron chi connectivity index (χ3n) is 3.07. The second-order valence-corrected chi connectivity index (χ2v) is 4.35. The van der Waals surface area contributed by atoms with Gasteiger partial charge in [-0.15, -0.1) is 0 Å². The smallest absolute Gasteiger partial charge is 0.225 e. The van der Waals surface area contributed by atoms with Gasteiger partial charge in [-0.25, -0.2) is 0 Å². The summed E-state index contributed by atoms with van der Waals surface area (Å²) in [5.74, 6) is -0.391. The summed E-state index contributed by atoms with van der Waals surface area (Å²) in [7, 11) is 3.23. The first-order chi connectivity index (χ1) is 7.12. The number of ether oxygens (including phenoxy) is 2. The van der Waals surface area contributed by atoms with Crippen LogP contribution in [0, 0.1) is 5.92 Å². The molecular weight excluding hydrogens is 262 g/mol. The Kier molecular flexibility index (Phi) is 4.55. The highest BCUT2D eigenvalue weighted by Gasteiger charge is 2.43. The average molecular weight is 280 g/mol. The van der Waals surface area contributed by atoms with Crippen LogP contribution in [0.25, 0.3) is 0 Å². The zero-order valence-electron chi connectivity index (χ0n) is 9.38. The topological polar surface area (TPSA) is 47.6 Å². The van der Waals surface area contributed by atoms with Crippen LogP contribution in [0.5, 0.6) is 0 Å². The van der Waals surface area contributed by atoms with Crippen molar-refractivity contribution in [2.45, 2.75) is 31.6 Å². The number of hydrogen-bond acceptors (Lipinski definition) is 3. The molecule has 1 N–H and O–H groups in total. The molecular formula is C10H18BrNO3. The predicted molar refractivity (Wildman–Crippen MR) is 60.9 cm³/mol. The quantitative estimate of drug-likeness (QED) is 0.453. The molecule has 2 atom stereocenters. The number of methoxy groups -OCH3 is 2. The molecule has 5 heteroatoms. The van der Waals surface area contributed by atoms with Gasteiger partial charge in [0.2, 0.25) is 5.91 Å². The molecule has 1 amide bonds. The van der Waals surface area contributed by atoms with E-state index in [0.717, 1.165) is 6.42 Å². The molecule has 0 aromatic rings. The van der Waals surface area contributed by atoms with Gasteiger partial charge in [-0.05, 0) is 6.42 Å². The van der Waals surface area contributed by atoms with Crippen LogP contribution in [0.3, 0.4) is 0 Å². The van der Waals surface area contributed by atoms with Gasteiger partial charge in [0.25, 0.3) is 0 Å². The Hall–Kier alpha value is -0.130. The van der Waals surface area contributed by atoms with Crippen LogP contribution in [0.15, 0.2) is 0 Å². The maximum absolute atomic E-state index is 11.2. The van der Waals surface area contributed by atoms with E-state index in [2.05, 4.69) is 21.2 Å². The standard InChI is InChI=1S/C10H18BrNO3/c1-4-7-8(12-9(7)13)5-10(6-11,14-2)15-3/h7-8H,4-6H2,1-3H3,(H,12,13)/t7-,8-/m0/s1. The van der Waals surface area contributed by atoms with Gasteiger partial charge in [-0.2, -0.15) is 0 Å². The van der Waals surface area contributed by atoms with Gasteiger partial charge in [0.15, 0.2) is 5.79 Å². The summed E-state index contributed by atoms with van der Waals surface area (Å²) < 4.78 is 10.7. The molecule has 0 aromatic carbocycles. The van der Waals surface area contributed by atoms with E-state index < -0.39 is 5.79 Å². The number of halogens is 1. The number of rotatable bonds is 6. The highest BCUT2D eigenvalue weighted by molar-refractivity contribution is 9.09. The maximum atomic E-state index is 11.2. The van der Waals surface area contributed by atoms with Crippen LogP contribution in [-0.2, 0) is 14.3 Å². The average Bonchev–Trinajstić information content (AvgIpc) is 2.25. The molecule has 88 valence electrons. The number of alkyl halides is 1. The Morgan fingerprint density at radius 3 is 2.40 bits per heavy atom. The third-order valence-corrected chi connectivity index (χ3v) is 3.92. The second kappa shape index (κ2) is 5.27. The lowest BCUT2D eigenvalue weighted by Crippen LogP contribution is -2.61. The number of hydrogen-bond donors (Lipinski definition) is 1. The van der Waals surface area contributed by atoms with Gasteiger partial charge in [0.05, 0.1) is 11.2 Å². The molecule has 0 unspecified atom stereocenters. The third kappa shape index (κ3) is 2.52. The van der Waals surface area contributed by atoms with E-state index in [0.29, 0.717) is 11.8 Å². The van der Waals surface area contributed by atoms with Gasteiger partial charge in [-0.1, -0.05) is 22.9 Å². The van der Waals surface area contributed by atoms with E-state index >= 15 is 0 Å². The molecule has 4 nitrogen and oxygen atoms in total. The van der Waals surface area contributed by atoms with Crippen LogP contribution >= 0.6 is 15.9 Å². The van der Waals surface area contributed by atoms with Gasteiger partial charge in [0, 0.05) is 26.7 Å². The fourth-order valence-electron chi connectivity index (χ4n) is 1.89. The summed E-state index contributed by atoms with van der Waals surface area (Å²) in [4.78, 5) is 11.2. The summed E-state index contributed by atoms with van der Waals surface area (Å²) in [5.41, 5.74) is 0. The van der Waals surface area contributed by atoms with E-state index in [1.54, 1.807) is 14.2 Å². The number of carbonyl (C=O) groups excluding carboxylic acids is 1. The number of amides is 1. The first kappa shape index (κ1) is 12.9. The van der Waals surface area contributed by atoms with Crippen molar-refractivity contribution in [3.05, 3.63) is 0 Å². The lowest BCUT2D eigenvalue weighted by Gasteiger charge is -2.41. The van der Waals surface area contributed by atoms with Crippen LogP contribution < -0.4 is 5.32 Å². The minimum atomic E-state index is -0.633. The lowest BCUT2D eigenvalue weighted by molar-refractivity contribution is -0.201. The number of β-lactam (4-membered cyclic amide) rings is 1. The van der Waals surface area contributed by atoms with Gasteiger partial charge < -0.3 is 14.8 Å². The number of nitrogens with one attached hydrogen (secondary N) is 1. The Bertz CT molecular complexity index is 222. The summed E-state index contributed by atoms with van der Waals surface area (Å²) >= 11 is 3.37. The van der Waals surface area contributed by atoms with E-state index in [1.165, 1.54) is 0 Å². The lowest BCUT2D eigenvalue weighted by atomic mass is 9.84. The summed E-state index contributed by atoms with van der Waals surface area (Å²) in [5, 5.41) is 3.48. The van der Waals surface area contributed by atoms with Gasteiger partial charge in [-0.3, -0.25) is 4.79 Å². The Morgan fingerprint density at radius 1 is 1.47 bits per heavy atom. The molecule has 0 spiro atoms. The SMILES string of the molecule is CC[C@@H]1C(=O)N[C@H]1CC(CBr)(OC)OC. The highest BCUT2D eigenvalue weighted by atomic mass is 79.9. The van der Waals surface area contributed by atoms with E-state index in [-0.39, 0.29) is 17.9 Å². The fraction of sp³-hybridized carbons (Fsp3) is 0.900. The van der Waals surface area contributed by atoms with Crippen LogP contribution in [0.1, 0.15) is 19.8 Å². The monoisotopic (exact) mass is 279 g/mol. The first-order valence-electron chi connectivity index (χ1n) is 5.09. The summed E-state index contributed by atoms with van der Waals surface area (Å²) in [6, 6.07) is 0.167. The minimum Gasteiger partial charge on any atom is -0.352 e. The minimum absolute atomic E-state index is 0.105. The van der Waals surface area contributed by atoms with E-state index in [9.17, 15) is 4.79 Å². The number of carbonyl (C=O) groups is 1. The zero-order valence-corrected chi connectivity index (χ0v) is 11.0. The molecule has 1 saturated heterocycles. The van der Waals surface area contributed by atoms with Crippen molar-refractivity contribution in [3.8, 4) is 0 Å². The van der Waals surface area contributed by atoms with Crippen molar-refractivity contribution in [3.63, 3.8) is 0 Å². The molecule has 0 radical (unpaired) electrons. The maximum Gasteiger partial charge on any atom is 0.225 e. The highest BCUT2D eigenvalue weighted by Crippen LogP contribution is 2.29. The van der Waals surface area contributed by atoms with E-state index in [4.69, 9.17) is 9.47 Å². The van der Waals surface area contributed by atoms with Crippen molar-refractivity contribution in [2.24, 2.45) is 5.92 Å². The van der Waals surface area contributed by atoms with Crippen LogP contribution in [-0.4, -0.2) is 37.3 Å². The Labute approximate surface area is 98.8 Å². The van der Waals surface area contributed by atoms with Crippen LogP contribution in [0.2, 0.25) is 0 Å². The molecule has 1 heterocycles. The molecule has 1 fully saturated rings. The molecule has 15 heavy (non-hydrogen) atoms. The van der Waals surface area contributed by atoms with Crippen molar-refractivity contribution in [2.75, 3.05) is 19.5 Å². The van der Waals surface area contributed by atoms with Crippen molar-refractivity contribution in [1.82, 2.24) is 5.32 Å². The van der Waals surface area contributed by atoms with Crippen molar-refractivity contribution < 1.29 is 14.3 Å². The first-order valence-corrected chi connectivity index (χ1v) is 6.21. The van der Waals surface area contributed by atoms with Crippen molar-refractivity contribution >= 4 is 21.8 Å². The molecule has 0 bridgehead atoms. The van der Waals surface area contributed by atoms with Gasteiger partial charge >= 0.3 is 0 Å². The van der Waals surface area contributed by atoms with Gasteiger partial charge in [0.1, 0.15) is 0 Å².